The molecule has 2 aliphatic rings. The number of aryl methyl sites for hydroxylation is 1. The summed E-state index contributed by atoms with van der Waals surface area (Å²) in [5.74, 6) is 0.838. The van der Waals surface area contributed by atoms with Gasteiger partial charge >= 0.3 is 0 Å². The smallest absolute Gasteiger partial charge is 0.290 e. The molecule has 3 N–H and O–H groups in total. The monoisotopic (exact) mass is 539 g/mol. The van der Waals surface area contributed by atoms with Crippen molar-refractivity contribution < 1.29 is 9.59 Å². The van der Waals surface area contributed by atoms with Crippen LogP contribution in [0.25, 0.3) is 28.2 Å². The van der Waals surface area contributed by atoms with E-state index < -0.39 is 0 Å². The van der Waals surface area contributed by atoms with E-state index in [4.69, 9.17) is 4.98 Å². The van der Waals surface area contributed by atoms with Gasteiger partial charge in [-0.25, -0.2) is 9.97 Å². The number of hydrogen-bond donors (Lipinski definition) is 3. The van der Waals surface area contributed by atoms with Crippen LogP contribution >= 0.6 is 11.8 Å². The number of piperidine rings is 1. The van der Waals surface area contributed by atoms with Crippen molar-refractivity contribution >= 4 is 45.8 Å². The fourth-order valence-electron chi connectivity index (χ4n) is 5.08. The van der Waals surface area contributed by atoms with Crippen LogP contribution in [0.5, 0.6) is 0 Å². The normalized spacial score (nSPS) is 17.4. The van der Waals surface area contributed by atoms with Crippen LogP contribution in [-0.2, 0) is 11.3 Å². The molecule has 5 heterocycles. The van der Waals surface area contributed by atoms with Gasteiger partial charge in [-0.1, -0.05) is 6.07 Å². The number of amides is 2. The number of benzene rings is 1. The first-order valence-corrected chi connectivity index (χ1v) is 13.9. The number of carbonyl (C=O) groups excluding carboxylic acids is 2. The van der Waals surface area contributed by atoms with Gasteiger partial charge in [0.15, 0.2) is 0 Å². The molecule has 0 atom stereocenters. The SMILES string of the molecule is Cc1cc(CNCC2CCN(c3nccc(/C=C4\SC(=O)NC4=O)n3)CC2)nc(-c2ccc3[nH]ccc3c2)c1. The van der Waals surface area contributed by atoms with Crippen LogP contribution in [0.1, 0.15) is 29.8 Å². The second-order valence-electron chi connectivity index (χ2n) is 10.00. The molecule has 2 aliphatic heterocycles. The van der Waals surface area contributed by atoms with Gasteiger partial charge in [-0.3, -0.25) is 19.9 Å². The lowest BCUT2D eigenvalue weighted by atomic mass is 9.97. The fourth-order valence-corrected chi connectivity index (χ4v) is 5.75. The lowest BCUT2D eigenvalue weighted by Crippen LogP contribution is -2.38. The van der Waals surface area contributed by atoms with Crippen molar-refractivity contribution in [3.8, 4) is 11.3 Å². The first-order chi connectivity index (χ1) is 19.0. The zero-order valence-corrected chi connectivity index (χ0v) is 22.4. The molecule has 2 amide bonds. The third-order valence-corrected chi connectivity index (χ3v) is 7.90. The van der Waals surface area contributed by atoms with E-state index in [1.165, 1.54) is 10.9 Å². The van der Waals surface area contributed by atoms with Crippen molar-refractivity contribution in [3.05, 3.63) is 76.7 Å². The maximum atomic E-state index is 11.8. The second-order valence-corrected chi connectivity index (χ2v) is 11.0. The Labute approximate surface area is 230 Å². The number of pyridine rings is 1. The van der Waals surface area contributed by atoms with Gasteiger partial charge in [0.1, 0.15) is 0 Å². The molecular weight excluding hydrogens is 510 g/mol. The molecule has 2 fully saturated rings. The van der Waals surface area contributed by atoms with E-state index in [-0.39, 0.29) is 11.1 Å². The predicted octanol–water partition coefficient (Wildman–Crippen LogP) is 4.66. The highest BCUT2D eigenvalue weighted by molar-refractivity contribution is 8.18. The summed E-state index contributed by atoms with van der Waals surface area (Å²) >= 11 is 0.892. The fraction of sp³-hybridized carbons (Fsp3) is 0.276. The van der Waals surface area contributed by atoms with E-state index in [0.29, 0.717) is 22.5 Å². The van der Waals surface area contributed by atoms with Gasteiger partial charge in [-0.15, -0.1) is 0 Å². The molecule has 0 unspecified atom stereocenters. The molecule has 0 bridgehead atoms. The highest BCUT2D eigenvalue weighted by atomic mass is 32.2. The van der Waals surface area contributed by atoms with E-state index in [9.17, 15) is 9.59 Å². The molecule has 0 aliphatic carbocycles. The van der Waals surface area contributed by atoms with Gasteiger partial charge in [0.2, 0.25) is 5.95 Å². The molecule has 0 radical (unpaired) electrons. The molecule has 4 aromatic rings. The number of fused-ring (bicyclic) bond motifs is 1. The molecule has 0 saturated carbocycles. The van der Waals surface area contributed by atoms with Crippen LogP contribution in [0.4, 0.5) is 10.7 Å². The minimum atomic E-state index is -0.381. The number of imide groups is 1. The molecule has 2 saturated heterocycles. The van der Waals surface area contributed by atoms with Crippen LogP contribution in [-0.4, -0.2) is 50.7 Å². The number of aromatic nitrogens is 4. The highest BCUT2D eigenvalue weighted by Crippen LogP contribution is 2.27. The van der Waals surface area contributed by atoms with E-state index >= 15 is 0 Å². The standard InChI is InChI=1S/C29H29N7O2S/c1-18-12-23(33-25(13-18)20-2-3-24-21(14-20)4-8-31-24)17-30-16-19-6-10-36(11-7-19)28-32-9-5-22(34-28)15-26-27(37)35-29(38)39-26/h2-5,8-9,12-15,19,30-31H,6-7,10-11,16-17H2,1H3,(H,35,37,38)/b26-15-. The molecular formula is C29H29N7O2S. The van der Waals surface area contributed by atoms with Gasteiger partial charge in [0, 0.05) is 48.5 Å². The van der Waals surface area contributed by atoms with Crippen molar-refractivity contribution in [2.24, 2.45) is 5.92 Å². The predicted molar refractivity (Wildman–Crippen MR) is 154 cm³/mol. The van der Waals surface area contributed by atoms with Gasteiger partial charge in [0.05, 0.1) is 22.0 Å². The number of thioether (sulfide) groups is 1. The Bertz CT molecular complexity index is 1570. The summed E-state index contributed by atoms with van der Waals surface area (Å²) in [6.07, 6.45) is 7.37. The van der Waals surface area contributed by atoms with Crippen LogP contribution in [0.3, 0.4) is 0 Å². The van der Waals surface area contributed by atoms with Crippen LogP contribution in [0, 0.1) is 12.8 Å². The zero-order chi connectivity index (χ0) is 26.8. The van der Waals surface area contributed by atoms with Crippen molar-refractivity contribution in [3.63, 3.8) is 0 Å². The molecule has 3 aromatic heterocycles. The largest absolute Gasteiger partial charge is 0.361 e. The molecule has 9 nitrogen and oxygen atoms in total. The van der Waals surface area contributed by atoms with Crippen LogP contribution in [0.2, 0.25) is 0 Å². The molecule has 0 spiro atoms. The Kier molecular flexibility index (Phi) is 7.12. The van der Waals surface area contributed by atoms with Crippen LogP contribution in [0.15, 0.2) is 59.8 Å². The number of rotatable bonds is 7. The first kappa shape index (κ1) is 25.3. The van der Waals surface area contributed by atoms with E-state index in [1.54, 1.807) is 18.3 Å². The summed E-state index contributed by atoms with van der Waals surface area (Å²) < 4.78 is 0. The molecule has 10 heteroatoms. The number of carbonyl (C=O) groups is 2. The van der Waals surface area contributed by atoms with Crippen molar-refractivity contribution in [2.75, 3.05) is 24.5 Å². The first-order valence-electron chi connectivity index (χ1n) is 13.1. The maximum Gasteiger partial charge on any atom is 0.290 e. The summed E-state index contributed by atoms with van der Waals surface area (Å²) in [7, 11) is 0. The molecule has 1 aromatic carbocycles. The van der Waals surface area contributed by atoms with E-state index in [2.05, 4.69) is 73.8 Å². The minimum absolute atomic E-state index is 0.353. The van der Waals surface area contributed by atoms with Gasteiger partial charge in [0.25, 0.3) is 11.1 Å². The van der Waals surface area contributed by atoms with Gasteiger partial charge in [-0.05, 0) is 92.0 Å². The number of anilines is 1. The molecule has 39 heavy (non-hydrogen) atoms. The lowest BCUT2D eigenvalue weighted by molar-refractivity contribution is -0.115. The van der Waals surface area contributed by atoms with E-state index in [0.717, 1.165) is 73.3 Å². The van der Waals surface area contributed by atoms with Crippen molar-refractivity contribution in [1.29, 1.82) is 0 Å². The summed E-state index contributed by atoms with van der Waals surface area (Å²) in [5.41, 5.74) is 6.13. The number of nitrogens with zero attached hydrogens (tertiary/aromatic N) is 4. The number of H-pyrrole nitrogens is 1. The lowest BCUT2D eigenvalue weighted by Gasteiger charge is -2.32. The summed E-state index contributed by atoms with van der Waals surface area (Å²) in [6.45, 7) is 5.52. The van der Waals surface area contributed by atoms with Gasteiger partial charge < -0.3 is 15.2 Å². The Morgan fingerprint density at radius 1 is 1.10 bits per heavy atom. The Balaban J connectivity index is 1.02. The van der Waals surface area contributed by atoms with Crippen molar-refractivity contribution in [2.45, 2.75) is 26.3 Å². The van der Waals surface area contributed by atoms with E-state index in [1.807, 2.05) is 6.20 Å². The summed E-state index contributed by atoms with van der Waals surface area (Å²) in [4.78, 5) is 43.0. The number of nitrogens with one attached hydrogen (secondary N) is 3. The van der Waals surface area contributed by atoms with Gasteiger partial charge in [-0.2, -0.15) is 0 Å². The second kappa shape index (κ2) is 11.0. The third-order valence-electron chi connectivity index (χ3n) is 7.09. The number of aromatic amines is 1. The Morgan fingerprint density at radius 3 is 2.79 bits per heavy atom. The average Bonchev–Trinajstić information content (AvgIpc) is 3.53. The number of hydrogen-bond acceptors (Lipinski definition) is 8. The Morgan fingerprint density at radius 2 is 1.97 bits per heavy atom. The Hall–Kier alpha value is -4.02. The highest BCUT2D eigenvalue weighted by Gasteiger charge is 2.26. The molecule has 198 valence electrons. The quantitative estimate of drug-likeness (QED) is 0.291. The average molecular weight is 540 g/mol. The minimum Gasteiger partial charge on any atom is -0.361 e. The summed E-state index contributed by atoms with van der Waals surface area (Å²) in [6, 6.07) is 14.5. The van der Waals surface area contributed by atoms with Crippen LogP contribution < -0.4 is 15.5 Å². The summed E-state index contributed by atoms with van der Waals surface area (Å²) in [5, 5.41) is 6.72. The zero-order valence-electron chi connectivity index (χ0n) is 21.6. The van der Waals surface area contributed by atoms with Crippen molar-refractivity contribution in [1.82, 2.24) is 30.6 Å². The molecule has 6 rings (SSSR count). The maximum absolute atomic E-state index is 11.8. The topological polar surface area (TPSA) is 116 Å². The third kappa shape index (κ3) is 5.86.